The maximum absolute atomic E-state index is 4.46. The van der Waals surface area contributed by atoms with Crippen molar-refractivity contribution in [3.63, 3.8) is 0 Å². The van der Waals surface area contributed by atoms with E-state index in [-0.39, 0.29) is 5.41 Å². The molecule has 1 aliphatic heterocycles. The van der Waals surface area contributed by atoms with E-state index >= 15 is 0 Å². The van der Waals surface area contributed by atoms with Crippen molar-refractivity contribution >= 4 is 5.78 Å². The fourth-order valence-corrected chi connectivity index (χ4v) is 2.97. The molecule has 5 heteroatoms. The second-order valence-electron chi connectivity index (χ2n) is 5.26. The minimum absolute atomic E-state index is 0.112. The molecule has 5 nitrogen and oxygen atoms in total. The lowest BCUT2D eigenvalue weighted by atomic mass is 9.83. The predicted molar refractivity (Wildman–Crippen MR) is 69.7 cm³/mol. The van der Waals surface area contributed by atoms with Gasteiger partial charge in [-0.05, 0) is 39.3 Å². The van der Waals surface area contributed by atoms with Gasteiger partial charge >= 0.3 is 0 Å². The lowest BCUT2D eigenvalue weighted by Gasteiger charge is -2.24. The summed E-state index contributed by atoms with van der Waals surface area (Å²) in [5.74, 6) is 1.79. The zero-order valence-electron chi connectivity index (χ0n) is 11.2. The van der Waals surface area contributed by atoms with E-state index in [2.05, 4.69) is 44.8 Å². The number of hydrogen-bond acceptors (Lipinski definition) is 4. The van der Waals surface area contributed by atoms with Gasteiger partial charge in [-0.1, -0.05) is 6.92 Å². The summed E-state index contributed by atoms with van der Waals surface area (Å²) in [6, 6.07) is 2.09. The summed E-state index contributed by atoms with van der Waals surface area (Å²) in [6.07, 6.45) is 2.20. The molecule has 1 N–H and O–H groups in total. The molecule has 0 bridgehead atoms. The van der Waals surface area contributed by atoms with Crippen LogP contribution in [0.15, 0.2) is 6.07 Å². The maximum atomic E-state index is 4.46. The van der Waals surface area contributed by atoms with Crippen molar-refractivity contribution in [3.05, 3.63) is 23.3 Å². The van der Waals surface area contributed by atoms with Crippen LogP contribution >= 0.6 is 0 Å². The normalized spacial score (nSPS) is 23.9. The lowest BCUT2D eigenvalue weighted by Crippen LogP contribution is -2.31. The van der Waals surface area contributed by atoms with E-state index in [0.717, 1.165) is 48.9 Å². The fraction of sp³-hybridized carbons (Fsp3) is 0.615. The van der Waals surface area contributed by atoms with E-state index in [1.807, 2.05) is 6.92 Å². The van der Waals surface area contributed by atoms with E-state index in [1.165, 1.54) is 0 Å². The zero-order valence-corrected chi connectivity index (χ0v) is 11.2. The first-order valence-corrected chi connectivity index (χ1v) is 6.57. The van der Waals surface area contributed by atoms with Gasteiger partial charge < -0.3 is 5.32 Å². The summed E-state index contributed by atoms with van der Waals surface area (Å²) in [4.78, 5) is 4.46. The highest BCUT2D eigenvalue weighted by Crippen LogP contribution is 2.33. The van der Waals surface area contributed by atoms with Crippen LogP contribution in [0.3, 0.4) is 0 Å². The van der Waals surface area contributed by atoms with Crippen molar-refractivity contribution in [1.82, 2.24) is 24.9 Å². The number of rotatable bonds is 2. The Kier molecular flexibility index (Phi) is 2.59. The number of aryl methyl sites for hydroxylation is 2. The summed E-state index contributed by atoms with van der Waals surface area (Å²) >= 11 is 0. The molecule has 96 valence electrons. The summed E-state index contributed by atoms with van der Waals surface area (Å²) < 4.78 is 2.11. The van der Waals surface area contributed by atoms with Crippen LogP contribution in [0, 0.1) is 13.8 Å². The minimum atomic E-state index is 0.112. The van der Waals surface area contributed by atoms with E-state index in [9.17, 15) is 0 Å². The molecule has 0 aliphatic carbocycles. The van der Waals surface area contributed by atoms with E-state index in [1.54, 1.807) is 0 Å². The highest BCUT2D eigenvalue weighted by molar-refractivity contribution is 5.35. The summed E-state index contributed by atoms with van der Waals surface area (Å²) in [7, 11) is 0. The molecule has 0 radical (unpaired) electrons. The summed E-state index contributed by atoms with van der Waals surface area (Å²) in [5, 5.41) is 12.1. The maximum Gasteiger partial charge on any atom is 0.255 e. The number of nitrogens with one attached hydrogen (secondary N) is 1. The van der Waals surface area contributed by atoms with Crippen LogP contribution in [0.1, 0.15) is 37.0 Å². The Labute approximate surface area is 107 Å². The van der Waals surface area contributed by atoms with Crippen LogP contribution in [0.25, 0.3) is 5.78 Å². The number of aromatic nitrogens is 4. The van der Waals surface area contributed by atoms with Crippen LogP contribution in [-0.2, 0) is 5.41 Å². The van der Waals surface area contributed by atoms with Crippen molar-refractivity contribution < 1.29 is 0 Å². The summed E-state index contributed by atoms with van der Waals surface area (Å²) in [5.41, 5.74) is 2.27. The first-order chi connectivity index (χ1) is 8.66. The predicted octanol–water partition coefficient (Wildman–Crippen LogP) is 1.38. The second kappa shape index (κ2) is 4.02. The SMILES string of the molecule is CCC1(c2nnc3nc(C)cc(C)n23)CCNC1. The van der Waals surface area contributed by atoms with Crippen molar-refractivity contribution in [2.24, 2.45) is 0 Å². The third-order valence-corrected chi connectivity index (χ3v) is 4.09. The molecule has 1 atom stereocenters. The first-order valence-electron chi connectivity index (χ1n) is 6.57. The van der Waals surface area contributed by atoms with Crippen molar-refractivity contribution in [3.8, 4) is 0 Å². The van der Waals surface area contributed by atoms with E-state index in [0.29, 0.717) is 0 Å². The van der Waals surface area contributed by atoms with Gasteiger partial charge in [0.15, 0.2) is 0 Å². The molecular weight excluding hydrogens is 226 g/mol. The topological polar surface area (TPSA) is 55.1 Å². The highest BCUT2D eigenvalue weighted by atomic mass is 15.3. The molecule has 0 saturated carbocycles. The molecule has 0 spiro atoms. The quantitative estimate of drug-likeness (QED) is 0.868. The molecule has 2 aromatic rings. The van der Waals surface area contributed by atoms with Gasteiger partial charge in [0, 0.05) is 23.3 Å². The Hall–Kier alpha value is -1.49. The van der Waals surface area contributed by atoms with Crippen LogP contribution < -0.4 is 5.32 Å². The third kappa shape index (κ3) is 1.54. The van der Waals surface area contributed by atoms with Crippen LogP contribution in [-0.4, -0.2) is 32.7 Å². The van der Waals surface area contributed by atoms with Crippen molar-refractivity contribution in [2.45, 2.75) is 39.0 Å². The molecule has 0 amide bonds. The van der Waals surface area contributed by atoms with Gasteiger partial charge in [-0.2, -0.15) is 0 Å². The smallest absolute Gasteiger partial charge is 0.255 e. The molecule has 0 aromatic carbocycles. The van der Waals surface area contributed by atoms with Gasteiger partial charge in [0.1, 0.15) is 5.82 Å². The molecule has 1 saturated heterocycles. The molecule has 3 rings (SSSR count). The Morgan fingerprint density at radius 1 is 1.39 bits per heavy atom. The zero-order chi connectivity index (χ0) is 12.8. The Balaban J connectivity index is 2.23. The molecule has 1 fully saturated rings. The Morgan fingerprint density at radius 2 is 2.22 bits per heavy atom. The van der Waals surface area contributed by atoms with Gasteiger partial charge in [0.2, 0.25) is 0 Å². The van der Waals surface area contributed by atoms with Gasteiger partial charge in [0.05, 0.1) is 0 Å². The van der Waals surface area contributed by atoms with E-state index < -0.39 is 0 Å². The fourth-order valence-electron chi connectivity index (χ4n) is 2.97. The monoisotopic (exact) mass is 245 g/mol. The van der Waals surface area contributed by atoms with E-state index in [4.69, 9.17) is 0 Å². The largest absolute Gasteiger partial charge is 0.316 e. The number of fused-ring (bicyclic) bond motifs is 1. The average molecular weight is 245 g/mol. The number of nitrogens with zero attached hydrogens (tertiary/aromatic N) is 4. The van der Waals surface area contributed by atoms with Gasteiger partial charge in [-0.15, -0.1) is 10.2 Å². The number of hydrogen-bond donors (Lipinski definition) is 1. The molecule has 1 unspecified atom stereocenters. The van der Waals surface area contributed by atoms with Crippen LogP contribution in [0.5, 0.6) is 0 Å². The standard InChI is InChI=1S/C13H19N5/c1-4-13(5-6-14-8-13)11-16-17-12-15-9(2)7-10(3)18(11)12/h7,14H,4-6,8H2,1-3H3. The second-order valence-corrected chi connectivity index (χ2v) is 5.26. The van der Waals surface area contributed by atoms with Crippen molar-refractivity contribution in [1.29, 1.82) is 0 Å². The lowest BCUT2D eigenvalue weighted by molar-refractivity contribution is 0.420. The van der Waals surface area contributed by atoms with Crippen LogP contribution in [0.4, 0.5) is 0 Å². The third-order valence-electron chi connectivity index (χ3n) is 4.09. The molecular formula is C13H19N5. The van der Waals surface area contributed by atoms with Gasteiger partial charge in [-0.25, -0.2) is 4.98 Å². The van der Waals surface area contributed by atoms with Crippen LogP contribution in [0.2, 0.25) is 0 Å². The summed E-state index contributed by atoms with van der Waals surface area (Å²) in [6.45, 7) is 8.36. The van der Waals surface area contributed by atoms with Gasteiger partial charge in [0.25, 0.3) is 5.78 Å². The first kappa shape index (κ1) is 11.6. The highest BCUT2D eigenvalue weighted by Gasteiger charge is 2.38. The molecule has 2 aromatic heterocycles. The average Bonchev–Trinajstić information content (AvgIpc) is 2.94. The Morgan fingerprint density at radius 3 is 2.89 bits per heavy atom. The molecule has 1 aliphatic rings. The van der Waals surface area contributed by atoms with Crippen molar-refractivity contribution in [2.75, 3.05) is 13.1 Å². The minimum Gasteiger partial charge on any atom is -0.316 e. The van der Waals surface area contributed by atoms with Gasteiger partial charge in [-0.3, -0.25) is 4.40 Å². The molecule has 3 heterocycles. The Bertz CT molecular complexity index is 580. The molecule has 18 heavy (non-hydrogen) atoms.